The summed E-state index contributed by atoms with van der Waals surface area (Å²) in [6, 6.07) is 8.77. The minimum atomic E-state index is 0.314. The summed E-state index contributed by atoms with van der Waals surface area (Å²) < 4.78 is 0. The fourth-order valence-corrected chi connectivity index (χ4v) is 3.32. The topological polar surface area (TPSA) is 36.1 Å². The number of hydrogen-bond acceptors (Lipinski definition) is 1. The van der Waals surface area contributed by atoms with Crippen LogP contribution in [0.1, 0.15) is 49.8 Å². The Kier molecular flexibility index (Phi) is 4.00. The molecule has 2 heterocycles. The average molecular weight is 284 g/mol. The summed E-state index contributed by atoms with van der Waals surface area (Å²) in [6.45, 7) is 5.98. The Balaban J connectivity index is 1.79. The zero-order valence-corrected chi connectivity index (χ0v) is 13.0. The van der Waals surface area contributed by atoms with E-state index in [-0.39, 0.29) is 0 Å². The van der Waals surface area contributed by atoms with Gasteiger partial charge in [0.05, 0.1) is 0 Å². The molecule has 3 nitrogen and oxygen atoms in total. The van der Waals surface area contributed by atoms with Gasteiger partial charge in [-0.1, -0.05) is 18.6 Å². The second-order valence-electron chi connectivity index (χ2n) is 6.24. The molecule has 0 aliphatic carbocycles. The summed E-state index contributed by atoms with van der Waals surface area (Å²) >= 11 is 0. The zero-order valence-electron chi connectivity index (χ0n) is 13.0. The Labute approximate surface area is 126 Å². The summed E-state index contributed by atoms with van der Waals surface area (Å²) in [5, 5.41) is 1.28. The summed E-state index contributed by atoms with van der Waals surface area (Å²) in [5.41, 5.74) is 3.77. The third-order valence-corrected chi connectivity index (χ3v) is 4.47. The number of nitrogens with zero attached hydrogens (tertiary/aromatic N) is 1. The van der Waals surface area contributed by atoms with Crippen molar-refractivity contribution in [3.8, 4) is 0 Å². The van der Waals surface area contributed by atoms with Crippen molar-refractivity contribution in [3.63, 3.8) is 0 Å². The normalized spacial score (nSPS) is 19.1. The highest BCUT2D eigenvalue weighted by Gasteiger charge is 2.25. The van der Waals surface area contributed by atoms with Crippen LogP contribution in [0.4, 0.5) is 0 Å². The highest BCUT2D eigenvalue weighted by molar-refractivity contribution is 5.81. The van der Waals surface area contributed by atoms with Gasteiger partial charge in [0.2, 0.25) is 5.91 Å². The predicted molar refractivity (Wildman–Crippen MR) is 86.5 cm³/mol. The van der Waals surface area contributed by atoms with E-state index in [4.69, 9.17) is 0 Å². The van der Waals surface area contributed by atoms with E-state index >= 15 is 0 Å². The largest absolute Gasteiger partial charge is 0.358 e. The molecule has 21 heavy (non-hydrogen) atoms. The molecule has 1 aliphatic rings. The molecule has 1 fully saturated rings. The van der Waals surface area contributed by atoms with E-state index in [9.17, 15) is 4.79 Å². The molecule has 0 radical (unpaired) electrons. The van der Waals surface area contributed by atoms with Crippen molar-refractivity contribution in [3.05, 3.63) is 35.5 Å². The lowest BCUT2D eigenvalue weighted by Crippen LogP contribution is -2.39. The predicted octanol–water partition coefficient (Wildman–Crippen LogP) is 3.98. The van der Waals surface area contributed by atoms with Crippen molar-refractivity contribution in [2.75, 3.05) is 13.1 Å². The van der Waals surface area contributed by atoms with Crippen LogP contribution >= 0.6 is 0 Å². The van der Waals surface area contributed by atoms with Crippen LogP contribution in [0.2, 0.25) is 0 Å². The molecule has 112 valence electrons. The van der Waals surface area contributed by atoms with Crippen LogP contribution in [0, 0.1) is 6.92 Å². The van der Waals surface area contributed by atoms with E-state index in [0.717, 1.165) is 25.9 Å². The summed E-state index contributed by atoms with van der Waals surface area (Å²) in [6.07, 6.45) is 3.89. The van der Waals surface area contributed by atoms with Gasteiger partial charge in [0.25, 0.3) is 0 Å². The first-order chi connectivity index (χ1) is 10.2. The van der Waals surface area contributed by atoms with E-state index in [2.05, 4.69) is 48.0 Å². The first kappa shape index (κ1) is 14.2. The molecule has 0 spiro atoms. The van der Waals surface area contributed by atoms with Crippen molar-refractivity contribution in [2.45, 2.75) is 45.4 Å². The van der Waals surface area contributed by atoms with Crippen molar-refractivity contribution >= 4 is 16.8 Å². The fraction of sp³-hybridized carbons (Fsp3) is 0.500. The number of rotatable bonds is 3. The van der Waals surface area contributed by atoms with Crippen molar-refractivity contribution in [1.82, 2.24) is 9.88 Å². The van der Waals surface area contributed by atoms with Crippen LogP contribution in [0.15, 0.2) is 24.3 Å². The van der Waals surface area contributed by atoms with E-state index in [1.165, 1.54) is 28.6 Å². The van der Waals surface area contributed by atoms with Gasteiger partial charge in [0, 0.05) is 36.6 Å². The molecule has 0 saturated carbocycles. The SMILES string of the molecule is CCCC(=O)N1CCCC(c2cc3cc(C)ccc3[nH]2)C1. The number of piperidine rings is 1. The quantitative estimate of drug-likeness (QED) is 0.909. The van der Waals surface area contributed by atoms with Gasteiger partial charge in [-0.25, -0.2) is 0 Å². The zero-order chi connectivity index (χ0) is 14.8. The van der Waals surface area contributed by atoms with Crippen LogP contribution in [-0.4, -0.2) is 28.9 Å². The Morgan fingerprint density at radius 2 is 2.24 bits per heavy atom. The highest BCUT2D eigenvalue weighted by atomic mass is 16.2. The van der Waals surface area contributed by atoms with Gasteiger partial charge in [0.1, 0.15) is 0 Å². The van der Waals surface area contributed by atoms with Crippen LogP contribution in [0.25, 0.3) is 10.9 Å². The number of aryl methyl sites for hydroxylation is 1. The van der Waals surface area contributed by atoms with Gasteiger partial charge >= 0.3 is 0 Å². The molecular formula is C18H24N2O. The molecule has 1 saturated heterocycles. The summed E-state index contributed by atoms with van der Waals surface area (Å²) in [7, 11) is 0. The Morgan fingerprint density at radius 3 is 3.05 bits per heavy atom. The van der Waals surface area contributed by atoms with Gasteiger partial charge in [-0.05, 0) is 49.8 Å². The lowest BCUT2D eigenvalue weighted by atomic mass is 9.94. The maximum Gasteiger partial charge on any atom is 0.222 e. The number of aromatic nitrogens is 1. The minimum Gasteiger partial charge on any atom is -0.358 e. The minimum absolute atomic E-state index is 0.314. The number of likely N-dealkylation sites (tertiary alicyclic amines) is 1. The van der Waals surface area contributed by atoms with E-state index in [1.807, 2.05) is 0 Å². The molecule has 3 heteroatoms. The Hall–Kier alpha value is -1.77. The number of hydrogen-bond donors (Lipinski definition) is 1. The van der Waals surface area contributed by atoms with E-state index < -0.39 is 0 Å². The molecule has 1 aromatic heterocycles. The molecule has 0 bridgehead atoms. The number of H-pyrrole nitrogens is 1. The van der Waals surface area contributed by atoms with Crippen molar-refractivity contribution < 1.29 is 4.79 Å². The van der Waals surface area contributed by atoms with Crippen LogP contribution in [0.3, 0.4) is 0 Å². The second-order valence-corrected chi connectivity index (χ2v) is 6.24. The summed E-state index contributed by atoms with van der Waals surface area (Å²) in [4.78, 5) is 17.7. The number of carbonyl (C=O) groups is 1. The Bertz CT molecular complexity index is 644. The van der Waals surface area contributed by atoms with Gasteiger partial charge in [0.15, 0.2) is 0 Å². The smallest absolute Gasteiger partial charge is 0.222 e. The molecule has 1 amide bonds. The first-order valence-corrected chi connectivity index (χ1v) is 8.04. The number of nitrogens with one attached hydrogen (secondary N) is 1. The lowest BCUT2D eigenvalue weighted by Gasteiger charge is -2.32. The standard InChI is InChI=1S/C18H24N2O/c1-3-5-18(21)20-9-4-6-14(12-20)17-11-15-10-13(2)7-8-16(15)19-17/h7-8,10-11,14,19H,3-6,9,12H2,1-2H3. The molecule has 1 atom stereocenters. The summed E-state index contributed by atoms with van der Waals surface area (Å²) in [5.74, 6) is 0.765. The molecular weight excluding hydrogens is 260 g/mol. The number of carbonyl (C=O) groups excluding carboxylic acids is 1. The van der Waals surface area contributed by atoms with Crippen molar-refractivity contribution in [1.29, 1.82) is 0 Å². The fourth-order valence-electron chi connectivity index (χ4n) is 3.32. The van der Waals surface area contributed by atoms with Crippen LogP contribution in [0.5, 0.6) is 0 Å². The molecule has 3 rings (SSSR count). The number of amides is 1. The molecule has 1 N–H and O–H groups in total. The molecule has 1 unspecified atom stereocenters. The van der Waals surface area contributed by atoms with E-state index in [0.29, 0.717) is 18.2 Å². The van der Waals surface area contributed by atoms with Crippen LogP contribution < -0.4 is 0 Å². The highest BCUT2D eigenvalue weighted by Crippen LogP contribution is 2.29. The molecule has 2 aromatic rings. The van der Waals surface area contributed by atoms with Crippen LogP contribution in [-0.2, 0) is 4.79 Å². The third kappa shape index (κ3) is 2.97. The molecule has 1 aromatic carbocycles. The maximum absolute atomic E-state index is 12.1. The van der Waals surface area contributed by atoms with Gasteiger partial charge in [-0.2, -0.15) is 0 Å². The Morgan fingerprint density at radius 1 is 1.38 bits per heavy atom. The number of aromatic amines is 1. The van der Waals surface area contributed by atoms with E-state index in [1.54, 1.807) is 0 Å². The van der Waals surface area contributed by atoms with Gasteiger partial charge in [-0.15, -0.1) is 0 Å². The number of fused-ring (bicyclic) bond motifs is 1. The van der Waals surface area contributed by atoms with Gasteiger partial charge in [-0.3, -0.25) is 4.79 Å². The van der Waals surface area contributed by atoms with Gasteiger partial charge < -0.3 is 9.88 Å². The second kappa shape index (κ2) is 5.92. The number of benzene rings is 1. The first-order valence-electron chi connectivity index (χ1n) is 8.04. The lowest BCUT2D eigenvalue weighted by molar-refractivity contribution is -0.132. The monoisotopic (exact) mass is 284 g/mol. The third-order valence-electron chi connectivity index (χ3n) is 4.47. The average Bonchev–Trinajstić information content (AvgIpc) is 2.90. The van der Waals surface area contributed by atoms with Crippen molar-refractivity contribution in [2.24, 2.45) is 0 Å². The molecule has 1 aliphatic heterocycles. The maximum atomic E-state index is 12.1.